The van der Waals surface area contributed by atoms with E-state index >= 15 is 0 Å². The van der Waals surface area contributed by atoms with E-state index in [9.17, 15) is 14.0 Å². The number of halogens is 1. The molecule has 0 saturated carbocycles. The maximum Gasteiger partial charge on any atom is 0.408 e. The molecule has 0 aromatic heterocycles. The Labute approximate surface area is 94.0 Å². The second kappa shape index (κ2) is 4.67. The number of alkyl halides is 1. The number of amides is 1. The summed E-state index contributed by atoms with van der Waals surface area (Å²) in [4.78, 5) is 22.0. The molecule has 1 atom stereocenters. The van der Waals surface area contributed by atoms with Gasteiger partial charge in [0.2, 0.25) is 0 Å². The molecule has 0 heterocycles. The molecule has 1 unspecified atom stereocenters. The first-order valence-electron chi connectivity index (χ1n) is 4.85. The van der Waals surface area contributed by atoms with Gasteiger partial charge in [0.25, 0.3) is 0 Å². The third kappa shape index (κ3) is 5.53. The van der Waals surface area contributed by atoms with Gasteiger partial charge in [0.15, 0.2) is 6.04 Å². The van der Waals surface area contributed by atoms with Crippen LogP contribution in [0.1, 0.15) is 34.6 Å². The Morgan fingerprint density at radius 2 is 1.69 bits per heavy atom. The van der Waals surface area contributed by atoms with Crippen LogP contribution >= 0.6 is 0 Å². The minimum atomic E-state index is -2.07. The van der Waals surface area contributed by atoms with Crippen LogP contribution in [-0.4, -0.2) is 34.5 Å². The molecule has 0 aromatic rings. The fraction of sp³-hybridized carbons (Fsp3) is 0.800. The third-order valence-electron chi connectivity index (χ3n) is 1.59. The molecule has 5 nitrogen and oxygen atoms in total. The van der Waals surface area contributed by atoms with Crippen molar-refractivity contribution in [3.63, 3.8) is 0 Å². The Hall–Kier alpha value is -1.33. The van der Waals surface area contributed by atoms with Crippen LogP contribution in [0, 0.1) is 0 Å². The molecule has 2 N–H and O–H groups in total. The highest BCUT2D eigenvalue weighted by molar-refractivity contribution is 5.81. The Balaban J connectivity index is 4.56. The van der Waals surface area contributed by atoms with Gasteiger partial charge in [0.1, 0.15) is 11.3 Å². The average Bonchev–Trinajstić information content (AvgIpc) is 1.93. The molecule has 0 radical (unpaired) electrons. The summed E-state index contributed by atoms with van der Waals surface area (Å²) in [6, 6.07) is -1.64. The lowest BCUT2D eigenvalue weighted by atomic mass is 10.0. The summed E-state index contributed by atoms with van der Waals surface area (Å²) in [7, 11) is 0. The highest BCUT2D eigenvalue weighted by Gasteiger charge is 2.37. The van der Waals surface area contributed by atoms with Gasteiger partial charge in [-0.15, -0.1) is 0 Å². The standard InChI is InChI=1S/C10H18FNO4/c1-9(2,3)16-8(15)12-6(7(13)14)10(4,5)11/h6H,1-5H3,(H,12,15)(H,13,14). The minimum Gasteiger partial charge on any atom is -0.480 e. The summed E-state index contributed by atoms with van der Waals surface area (Å²) in [5, 5.41) is 10.7. The first kappa shape index (κ1) is 14.7. The lowest BCUT2D eigenvalue weighted by Crippen LogP contribution is -2.53. The molecule has 0 aliphatic heterocycles. The molecule has 1 amide bonds. The Kier molecular flexibility index (Phi) is 4.28. The molecule has 16 heavy (non-hydrogen) atoms. The summed E-state index contributed by atoms with van der Waals surface area (Å²) in [6.45, 7) is 7.03. The smallest absolute Gasteiger partial charge is 0.408 e. The molecule has 0 fully saturated rings. The highest BCUT2D eigenvalue weighted by atomic mass is 19.1. The summed E-state index contributed by atoms with van der Waals surface area (Å²) < 4.78 is 18.3. The number of hydrogen-bond acceptors (Lipinski definition) is 3. The van der Waals surface area contributed by atoms with E-state index < -0.39 is 29.4 Å². The fourth-order valence-corrected chi connectivity index (χ4v) is 0.952. The quantitative estimate of drug-likeness (QED) is 0.780. The van der Waals surface area contributed by atoms with Gasteiger partial charge in [-0.3, -0.25) is 0 Å². The summed E-state index contributed by atoms with van der Waals surface area (Å²) in [5.41, 5.74) is -2.82. The number of rotatable bonds is 3. The number of carboxylic acids is 1. The molecule has 0 spiro atoms. The van der Waals surface area contributed by atoms with Gasteiger partial charge in [-0.2, -0.15) is 0 Å². The number of nitrogens with one attached hydrogen (secondary N) is 1. The van der Waals surface area contributed by atoms with E-state index in [1.165, 1.54) is 0 Å². The van der Waals surface area contributed by atoms with Crippen molar-refractivity contribution < 1.29 is 23.8 Å². The van der Waals surface area contributed by atoms with Crippen molar-refractivity contribution in [2.24, 2.45) is 0 Å². The van der Waals surface area contributed by atoms with Crippen molar-refractivity contribution in [3.8, 4) is 0 Å². The zero-order valence-electron chi connectivity index (χ0n) is 10.1. The molecule has 0 rings (SSSR count). The monoisotopic (exact) mass is 235 g/mol. The number of ether oxygens (including phenoxy) is 1. The maximum absolute atomic E-state index is 13.4. The predicted molar refractivity (Wildman–Crippen MR) is 56.0 cm³/mol. The van der Waals surface area contributed by atoms with Crippen molar-refractivity contribution in [3.05, 3.63) is 0 Å². The van der Waals surface area contributed by atoms with E-state index in [0.717, 1.165) is 13.8 Å². The second-order valence-electron chi connectivity index (χ2n) is 4.98. The SMILES string of the molecule is CC(C)(C)OC(=O)NC(C(=O)O)C(C)(C)F. The van der Waals surface area contributed by atoms with E-state index in [0.29, 0.717) is 0 Å². The van der Waals surface area contributed by atoms with Crippen LogP contribution in [0.15, 0.2) is 0 Å². The summed E-state index contributed by atoms with van der Waals surface area (Å²) in [5.74, 6) is -1.45. The van der Waals surface area contributed by atoms with Crippen molar-refractivity contribution in [1.82, 2.24) is 5.32 Å². The number of alkyl carbamates (subject to hydrolysis) is 1. The van der Waals surface area contributed by atoms with E-state index in [1.54, 1.807) is 20.8 Å². The first-order chi connectivity index (χ1) is 6.93. The minimum absolute atomic E-state index is 0.756. The largest absolute Gasteiger partial charge is 0.480 e. The number of hydrogen-bond donors (Lipinski definition) is 2. The van der Waals surface area contributed by atoms with Crippen molar-refractivity contribution in [2.75, 3.05) is 0 Å². The molecule has 6 heteroatoms. The number of carbonyl (C=O) groups excluding carboxylic acids is 1. The van der Waals surface area contributed by atoms with Crippen LogP contribution in [0.2, 0.25) is 0 Å². The van der Waals surface area contributed by atoms with Crippen molar-refractivity contribution in [1.29, 1.82) is 0 Å². The topological polar surface area (TPSA) is 75.6 Å². The second-order valence-corrected chi connectivity index (χ2v) is 4.98. The number of aliphatic carboxylic acids is 1. The van der Waals surface area contributed by atoms with Gasteiger partial charge in [-0.05, 0) is 34.6 Å². The van der Waals surface area contributed by atoms with Crippen LogP contribution in [-0.2, 0) is 9.53 Å². The molecule has 0 aliphatic carbocycles. The lowest BCUT2D eigenvalue weighted by Gasteiger charge is -2.26. The van der Waals surface area contributed by atoms with Crippen molar-refractivity contribution >= 4 is 12.1 Å². The molecule has 0 saturated heterocycles. The van der Waals surface area contributed by atoms with Crippen LogP contribution < -0.4 is 5.32 Å². The van der Waals surface area contributed by atoms with Gasteiger partial charge in [0.05, 0.1) is 0 Å². The number of carbonyl (C=O) groups is 2. The molecule has 0 bridgehead atoms. The van der Waals surface area contributed by atoms with Gasteiger partial charge in [-0.1, -0.05) is 0 Å². The Morgan fingerprint density at radius 3 is 1.94 bits per heavy atom. The Bertz CT molecular complexity index is 278. The zero-order valence-corrected chi connectivity index (χ0v) is 10.1. The van der Waals surface area contributed by atoms with Crippen LogP contribution in [0.5, 0.6) is 0 Å². The highest BCUT2D eigenvalue weighted by Crippen LogP contribution is 2.15. The zero-order chi connectivity index (χ0) is 13.1. The summed E-state index contributed by atoms with van der Waals surface area (Å²) >= 11 is 0. The van der Waals surface area contributed by atoms with E-state index in [1.807, 2.05) is 5.32 Å². The summed E-state index contributed by atoms with van der Waals surface area (Å²) in [6.07, 6.45) is -0.953. The predicted octanol–water partition coefficient (Wildman–Crippen LogP) is 1.71. The molecular weight excluding hydrogens is 217 g/mol. The molecule has 94 valence electrons. The average molecular weight is 235 g/mol. The lowest BCUT2D eigenvalue weighted by molar-refractivity contribution is -0.143. The number of carboxylic acid groups (broad SMARTS) is 1. The van der Waals surface area contributed by atoms with Gasteiger partial charge >= 0.3 is 12.1 Å². The van der Waals surface area contributed by atoms with Gasteiger partial charge in [0, 0.05) is 0 Å². The fourth-order valence-electron chi connectivity index (χ4n) is 0.952. The van der Waals surface area contributed by atoms with E-state index in [-0.39, 0.29) is 0 Å². The molecule has 0 aliphatic rings. The third-order valence-corrected chi connectivity index (χ3v) is 1.59. The first-order valence-corrected chi connectivity index (χ1v) is 4.85. The van der Waals surface area contributed by atoms with Gasteiger partial charge < -0.3 is 15.2 Å². The van der Waals surface area contributed by atoms with Crippen molar-refractivity contribution in [2.45, 2.75) is 51.9 Å². The normalized spacial score (nSPS) is 14.1. The van der Waals surface area contributed by atoms with Crippen LogP contribution in [0.3, 0.4) is 0 Å². The van der Waals surface area contributed by atoms with Crippen LogP contribution in [0.25, 0.3) is 0 Å². The van der Waals surface area contributed by atoms with E-state index in [2.05, 4.69) is 0 Å². The maximum atomic E-state index is 13.4. The van der Waals surface area contributed by atoms with Gasteiger partial charge in [-0.25, -0.2) is 14.0 Å². The molecular formula is C10H18FNO4. The molecule has 0 aromatic carbocycles. The Morgan fingerprint density at radius 1 is 1.25 bits per heavy atom. The van der Waals surface area contributed by atoms with E-state index in [4.69, 9.17) is 9.84 Å². The van der Waals surface area contributed by atoms with Crippen LogP contribution in [0.4, 0.5) is 9.18 Å².